The summed E-state index contributed by atoms with van der Waals surface area (Å²) in [5, 5.41) is 6.79. The van der Waals surface area contributed by atoms with Crippen molar-refractivity contribution in [2.24, 2.45) is 0 Å². The molecule has 0 fully saturated rings. The van der Waals surface area contributed by atoms with Gasteiger partial charge in [0.25, 0.3) is 11.5 Å². The number of H-pyrrole nitrogens is 1. The molecule has 0 spiro atoms. The highest BCUT2D eigenvalue weighted by Crippen LogP contribution is 2.15. The third-order valence-electron chi connectivity index (χ3n) is 4.18. The number of nitrogens with one attached hydrogen (secondary N) is 1. The van der Waals surface area contributed by atoms with E-state index in [-0.39, 0.29) is 23.7 Å². The molecule has 0 aliphatic rings. The summed E-state index contributed by atoms with van der Waals surface area (Å²) in [4.78, 5) is 30.6. The van der Waals surface area contributed by atoms with Crippen LogP contribution < -0.4 is 5.56 Å². The molecular weight excluding hydrogens is 358 g/mol. The maximum Gasteiger partial charge on any atom is 0.272 e. The lowest BCUT2D eigenvalue weighted by atomic mass is 10.2. The highest BCUT2D eigenvalue weighted by Gasteiger charge is 2.19. The summed E-state index contributed by atoms with van der Waals surface area (Å²) in [7, 11) is 1.60. The van der Waals surface area contributed by atoms with Gasteiger partial charge >= 0.3 is 0 Å². The molecule has 8 heteroatoms. The van der Waals surface area contributed by atoms with Crippen LogP contribution in [0.5, 0.6) is 0 Å². The van der Waals surface area contributed by atoms with E-state index in [0.717, 1.165) is 5.56 Å². The van der Waals surface area contributed by atoms with Gasteiger partial charge in [0.2, 0.25) is 11.7 Å². The zero-order valence-electron chi connectivity index (χ0n) is 15.1. The Labute approximate surface area is 160 Å². The number of aromatic amines is 1. The summed E-state index contributed by atoms with van der Waals surface area (Å²) in [6.45, 7) is 0.122. The number of benzene rings is 2. The minimum atomic E-state index is -0.355. The van der Waals surface area contributed by atoms with Crippen LogP contribution in [-0.2, 0) is 6.54 Å². The largest absolute Gasteiger partial charge is 0.337 e. The fourth-order valence-electron chi connectivity index (χ4n) is 2.78. The van der Waals surface area contributed by atoms with E-state index in [1.54, 1.807) is 19.2 Å². The van der Waals surface area contributed by atoms with Crippen molar-refractivity contribution in [2.45, 2.75) is 6.54 Å². The van der Waals surface area contributed by atoms with Gasteiger partial charge in [-0.2, -0.15) is 4.98 Å². The molecule has 0 bridgehead atoms. The first-order chi connectivity index (χ1) is 13.6. The van der Waals surface area contributed by atoms with Gasteiger partial charge in [0, 0.05) is 18.7 Å². The van der Waals surface area contributed by atoms with E-state index in [2.05, 4.69) is 15.2 Å². The van der Waals surface area contributed by atoms with E-state index >= 15 is 0 Å². The van der Waals surface area contributed by atoms with Crippen molar-refractivity contribution in [2.75, 3.05) is 7.05 Å². The van der Waals surface area contributed by atoms with Crippen molar-refractivity contribution >= 4 is 5.91 Å². The highest BCUT2D eigenvalue weighted by molar-refractivity contribution is 5.92. The van der Waals surface area contributed by atoms with E-state index in [4.69, 9.17) is 4.52 Å². The Morgan fingerprint density at radius 3 is 2.50 bits per heavy atom. The molecule has 8 nitrogen and oxygen atoms in total. The lowest BCUT2D eigenvalue weighted by Gasteiger charge is -2.13. The van der Waals surface area contributed by atoms with E-state index in [1.165, 1.54) is 15.6 Å². The van der Waals surface area contributed by atoms with Crippen LogP contribution in [0.4, 0.5) is 0 Å². The van der Waals surface area contributed by atoms with Crippen molar-refractivity contribution < 1.29 is 9.32 Å². The SMILES string of the molecule is CN(Cc1nc(-c2ccccc2)no1)C(=O)c1cc(=O)n(-c2ccccc2)[nH]1. The predicted molar refractivity (Wildman–Crippen MR) is 102 cm³/mol. The molecule has 4 aromatic rings. The normalized spacial score (nSPS) is 10.8. The number of amides is 1. The second kappa shape index (κ2) is 7.36. The number of hydrogen-bond acceptors (Lipinski definition) is 5. The average molecular weight is 375 g/mol. The summed E-state index contributed by atoms with van der Waals surface area (Å²) >= 11 is 0. The van der Waals surface area contributed by atoms with Crippen molar-refractivity contribution in [3.8, 4) is 17.1 Å². The third-order valence-corrected chi connectivity index (χ3v) is 4.18. The maximum atomic E-state index is 12.7. The van der Waals surface area contributed by atoms with Gasteiger partial charge in [0.1, 0.15) is 12.2 Å². The summed E-state index contributed by atoms with van der Waals surface area (Å²) < 4.78 is 6.56. The topological polar surface area (TPSA) is 97.0 Å². The van der Waals surface area contributed by atoms with Crippen LogP contribution in [0, 0.1) is 0 Å². The van der Waals surface area contributed by atoms with Gasteiger partial charge in [-0.25, -0.2) is 4.68 Å². The molecule has 2 aromatic heterocycles. The molecule has 0 saturated heterocycles. The van der Waals surface area contributed by atoms with Gasteiger partial charge in [-0.1, -0.05) is 53.7 Å². The number of carbonyl (C=O) groups is 1. The summed E-state index contributed by atoms with van der Waals surface area (Å²) in [6.07, 6.45) is 0. The molecule has 2 aromatic carbocycles. The van der Waals surface area contributed by atoms with Crippen LogP contribution in [0.2, 0.25) is 0 Å². The Balaban J connectivity index is 1.50. The molecule has 0 saturated carbocycles. The standard InChI is InChI=1S/C20H17N5O3/c1-24(13-17-21-19(23-28-17)14-8-4-2-5-9-14)20(27)16-12-18(26)25(22-16)15-10-6-3-7-11-15/h2-12,22H,13H2,1H3. The van der Waals surface area contributed by atoms with E-state index in [9.17, 15) is 9.59 Å². The Morgan fingerprint density at radius 1 is 1.11 bits per heavy atom. The van der Waals surface area contributed by atoms with Crippen LogP contribution >= 0.6 is 0 Å². The van der Waals surface area contributed by atoms with Crippen molar-refractivity contribution in [1.82, 2.24) is 24.8 Å². The Hall–Kier alpha value is -3.94. The monoisotopic (exact) mass is 375 g/mol. The van der Waals surface area contributed by atoms with Crippen molar-refractivity contribution in [1.29, 1.82) is 0 Å². The molecule has 1 N–H and O–H groups in total. The smallest absolute Gasteiger partial charge is 0.272 e. The van der Waals surface area contributed by atoms with E-state index in [0.29, 0.717) is 17.4 Å². The number of carbonyl (C=O) groups excluding carboxylic acids is 1. The lowest BCUT2D eigenvalue weighted by molar-refractivity contribution is 0.0763. The molecule has 0 radical (unpaired) electrons. The maximum absolute atomic E-state index is 12.7. The van der Waals surface area contributed by atoms with Gasteiger partial charge in [0.05, 0.1) is 5.69 Å². The Kier molecular flexibility index (Phi) is 4.59. The lowest BCUT2D eigenvalue weighted by Crippen LogP contribution is -2.26. The molecule has 4 rings (SSSR count). The van der Waals surface area contributed by atoms with Gasteiger partial charge in [-0.3, -0.25) is 14.7 Å². The number of aromatic nitrogens is 4. The molecular formula is C20H17N5O3. The first-order valence-electron chi connectivity index (χ1n) is 8.63. The summed E-state index contributed by atoms with van der Waals surface area (Å²) in [5.41, 5.74) is 1.35. The number of nitrogens with zero attached hydrogens (tertiary/aromatic N) is 4. The fourth-order valence-corrected chi connectivity index (χ4v) is 2.78. The Bertz CT molecular complexity index is 1150. The molecule has 0 aliphatic carbocycles. The number of hydrogen-bond donors (Lipinski definition) is 1. The minimum Gasteiger partial charge on any atom is -0.337 e. The van der Waals surface area contributed by atoms with Crippen molar-refractivity contribution in [3.63, 3.8) is 0 Å². The van der Waals surface area contributed by atoms with E-state index in [1.807, 2.05) is 48.5 Å². The summed E-state index contributed by atoms with van der Waals surface area (Å²) in [6, 6.07) is 19.7. The number of para-hydroxylation sites is 1. The Morgan fingerprint density at radius 2 is 1.79 bits per heavy atom. The second-order valence-electron chi connectivity index (χ2n) is 6.22. The average Bonchev–Trinajstić information content (AvgIpc) is 3.35. The van der Waals surface area contributed by atoms with Crippen LogP contribution in [0.1, 0.15) is 16.4 Å². The van der Waals surface area contributed by atoms with Crippen LogP contribution in [0.3, 0.4) is 0 Å². The number of rotatable bonds is 5. The molecule has 0 atom stereocenters. The third kappa shape index (κ3) is 3.48. The molecule has 2 heterocycles. The van der Waals surface area contributed by atoms with Gasteiger partial charge in [-0.15, -0.1) is 0 Å². The van der Waals surface area contributed by atoms with Crippen molar-refractivity contribution in [3.05, 3.63) is 88.7 Å². The molecule has 140 valence electrons. The fraction of sp³-hybridized carbons (Fsp3) is 0.100. The molecule has 0 aliphatic heterocycles. The zero-order valence-corrected chi connectivity index (χ0v) is 15.1. The highest BCUT2D eigenvalue weighted by atomic mass is 16.5. The van der Waals surface area contributed by atoms with Crippen LogP contribution in [0.15, 0.2) is 76.0 Å². The van der Waals surface area contributed by atoms with E-state index < -0.39 is 0 Å². The first kappa shape index (κ1) is 17.5. The quantitative estimate of drug-likeness (QED) is 0.578. The van der Waals surface area contributed by atoms with Crippen LogP contribution in [-0.4, -0.2) is 37.8 Å². The predicted octanol–water partition coefficient (Wildman–Crippen LogP) is 2.49. The molecule has 28 heavy (non-hydrogen) atoms. The van der Waals surface area contributed by atoms with Gasteiger partial charge in [0.15, 0.2) is 0 Å². The first-order valence-corrected chi connectivity index (χ1v) is 8.63. The van der Waals surface area contributed by atoms with Gasteiger partial charge in [-0.05, 0) is 12.1 Å². The summed E-state index contributed by atoms with van der Waals surface area (Å²) in [5.74, 6) is 0.408. The minimum absolute atomic E-state index is 0.122. The molecule has 0 unspecified atom stereocenters. The van der Waals surface area contributed by atoms with Gasteiger partial charge < -0.3 is 9.42 Å². The second-order valence-corrected chi connectivity index (χ2v) is 6.22. The van der Waals surface area contributed by atoms with Crippen LogP contribution in [0.25, 0.3) is 17.1 Å². The zero-order chi connectivity index (χ0) is 19.5. The molecule has 1 amide bonds.